The molecule has 1 N–H and O–H groups in total. The van der Waals surface area contributed by atoms with Gasteiger partial charge >= 0.3 is 0 Å². The highest BCUT2D eigenvalue weighted by Crippen LogP contribution is 2.33. The van der Waals surface area contributed by atoms with Gasteiger partial charge in [0, 0.05) is 44.2 Å². The monoisotopic (exact) mass is 419 g/mol. The normalized spacial score (nSPS) is 36.6. The Morgan fingerprint density at radius 2 is 1.67 bits per heavy atom. The zero-order chi connectivity index (χ0) is 17.2. The van der Waals surface area contributed by atoms with E-state index >= 15 is 0 Å². The second kappa shape index (κ2) is 10.7. The average Bonchev–Trinajstić information content (AvgIpc) is 2.96. The first-order valence-electron chi connectivity index (χ1n) is 10.9. The standard InChI is InChI=1S/C21H37N3O.2ClH/c1-16-5-2-3-9-23(16)14-17-6-4-10-24(15-17)21(25)13-18-11-19-7-8-20(12-18)22-19;;/h16-20,22H,2-15H2,1H3;2*1H. The van der Waals surface area contributed by atoms with Crippen LogP contribution >= 0.6 is 24.8 Å². The summed E-state index contributed by atoms with van der Waals surface area (Å²) in [5, 5.41) is 3.70. The van der Waals surface area contributed by atoms with Crippen molar-refractivity contribution in [2.75, 3.05) is 26.2 Å². The molecule has 0 aromatic rings. The molecule has 4 fully saturated rings. The number of carbonyl (C=O) groups is 1. The first-order chi connectivity index (χ1) is 12.2. The van der Waals surface area contributed by atoms with Gasteiger partial charge < -0.3 is 15.1 Å². The molecule has 4 nitrogen and oxygen atoms in total. The van der Waals surface area contributed by atoms with Crippen molar-refractivity contribution in [3.63, 3.8) is 0 Å². The van der Waals surface area contributed by atoms with Gasteiger partial charge in [-0.3, -0.25) is 4.79 Å². The number of halogens is 2. The van der Waals surface area contributed by atoms with Gasteiger partial charge in [-0.2, -0.15) is 0 Å². The molecule has 0 radical (unpaired) electrons. The van der Waals surface area contributed by atoms with E-state index in [2.05, 4.69) is 22.0 Å². The van der Waals surface area contributed by atoms with Crippen LogP contribution in [0.4, 0.5) is 0 Å². The van der Waals surface area contributed by atoms with Crippen LogP contribution in [-0.2, 0) is 4.79 Å². The van der Waals surface area contributed by atoms with Crippen molar-refractivity contribution in [1.29, 1.82) is 0 Å². The number of fused-ring (bicyclic) bond motifs is 2. The molecule has 0 saturated carbocycles. The number of carbonyl (C=O) groups excluding carboxylic acids is 1. The van der Waals surface area contributed by atoms with Crippen LogP contribution in [0.15, 0.2) is 0 Å². The van der Waals surface area contributed by atoms with Crippen molar-refractivity contribution in [3.05, 3.63) is 0 Å². The zero-order valence-corrected chi connectivity index (χ0v) is 18.5. The summed E-state index contributed by atoms with van der Waals surface area (Å²) in [6.07, 6.45) is 12.5. The Labute approximate surface area is 178 Å². The lowest BCUT2D eigenvalue weighted by molar-refractivity contribution is -0.134. The van der Waals surface area contributed by atoms with Gasteiger partial charge in [0.25, 0.3) is 0 Å². The molecule has 0 aromatic carbocycles. The van der Waals surface area contributed by atoms with Gasteiger partial charge in [0.15, 0.2) is 0 Å². The maximum Gasteiger partial charge on any atom is 0.222 e. The largest absolute Gasteiger partial charge is 0.342 e. The van der Waals surface area contributed by atoms with Gasteiger partial charge in [0.1, 0.15) is 0 Å². The highest BCUT2D eigenvalue weighted by molar-refractivity contribution is 5.85. The van der Waals surface area contributed by atoms with Gasteiger partial charge in [-0.25, -0.2) is 0 Å². The molecule has 27 heavy (non-hydrogen) atoms. The Balaban J connectivity index is 0.00000131. The van der Waals surface area contributed by atoms with E-state index in [1.54, 1.807) is 0 Å². The summed E-state index contributed by atoms with van der Waals surface area (Å²) in [6, 6.07) is 2.14. The van der Waals surface area contributed by atoms with Crippen molar-refractivity contribution >= 4 is 30.7 Å². The van der Waals surface area contributed by atoms with Crippen LogP contribution in [0.2, 0.25) is 0 Å². The van der Waals surface area contributed by atoms with Crippen LogP contribution in [0.5, 0.6) is 0 Å². The minimum atomic E-state index is 0. The van der Waals surface area contributed by atoms with E-state index < -0.39 is 0 Å². The second-order valence-corrected chi connectivity index (χ2v) is 9.37. The first kappa shape index (κ1) is 23.3. The lowest BCUT2D eigenvalue weighted by Gasteiger charge is -2.40. The zero-order valence-electron chi connectivity index (χ0n) is 16.9. The van der Waals surface area contributed by atoms with Crippen molar-refractivity contribution in [2.45, 2.75) is 89.3 Å². The fraction of sp³-hybridized carbons (Fsp3) is 0.952. The number of hydrogen-bond acceptors (Lipinski definition) is 3. The Morgan fingerprint density at radius 3 is 2.37 bits per heavy atom. The Kier molecular flexibility index (Phi) is 9.18. The molecular formula is C21H39Cl2N3O. The molecule has 4 atom stereocenters. The summed E-state index contributed by atoms with van der Waals surface area (Å²) in [5.41, 5.74) is 0. The molecule has 4 heterocycles. The predicted octanol–water partition coefficient (Wildman–Crippen LogP) is 3.86. The Bertz CT molecular complexity index is 466. The first-order valence-corrected chi connectivity index (χ1v) is 10.9. The molecule has 1 amide bonds. The van der Waals surface area contributed by atoms with E-state index in [9.17, 15) is 4.79 Å². The van der Waals surface area contributed by atoms with Crippen molar-refractivity contribution in [2.24, 2.45) is 11.8 Å². The van der Waals surface area contributed by atoms with Gasteiger partial charge in [0.2, 0.25) is 5.91 Å². The van der Waals surface area contributed by atoms with Crippen LogP contribution in [0, 0.1) is 11.8 Å². The number of amides is 1. The average molecular weight is 420 g/mol. The van der Waals surface area contributed by atoms with E-state index in [0.717, 1.165) is 25.6 Å². The minimum absolute atomic E-state index is 0. The van der Waals surface area contributed by atoms with Crippen LogP contribution in [0.25, 0.3) is 0 Å². The van der Waals surface area contributed by atoms with E-state index in [0.29, 0.717) is 29.8 Å². The Morgan fingerprint density at radius 1 is 0.926 bits per heavy atom. The molecule has 158 valence electrons. The van der Waals surface area contributed by atoms with Gasteiger partial charge in [0.05, 0.1) is 0 Å². The molecule has 0 aliphatic carbocycles. The highest BCUT2D eigenvalue weighted by Gasteiger charge is 2.35. The summed E-state index contributed by atoms with van der Waals surface area (Å²) >= 11 is 0. The summed E-state index contributed by atoms with van der Waals surface area (Å²) in [4.78, 5) is 17.8. The maximum atomic E-state index is 12.9. The quantitative estimate of drug-likeness (QED) is 0.750. The third-order valence-electron chi connectivity index (χ3n) is 7.34. The fourth-order valence-corrected chi connectivity index (χ4v) is 5.92. The topological polar surface area (TPSA) is 35.6 Å². The molecule has 0 spiro atoms. The van der Waals surface area contributed by atoms with Crippen LogP contribution in [0.1, 0.15) is 71.1 Å². The van der Waals surface area contributed by atoms with Gasteiger partial charge in [-0.15, -0.1) is 24.8 Å². The number of nitrogens with one attached hydrogen (secondary N) is 1. The third kappa shape index (κ3) is 5.98. The highest BCUT2D eigenvalue weighted by atomic mass is 35.5. The molecule has 4 unspecified atom stereocenters. The summed E-state index contributed by atoms with van der Waals surface area (Å²) in [5.74, 6) is 1.78. The molecule has 4 aliphatic rings. The van der Waals surface area contributed by atoms with Crippen LogP contribution in [0.3, 0.4) is 0 Å². The van der Waals surface area contributed by atoms with Crippen molar-refractivity contribution in [1.82, 2.24) is 15.1 Å². The third-order valence-corrected chi connectivity index (χ3v) is 7.34. The molecule has 2 bridgehead atoms. The van der Waals surface area contributed by atoms with E-state index in [1.807, 2.05) is 0 Å². The maximum absolute atomic E-state index is 12.9. The SMILES string of the molecule is CC1CCCCN1CC1CCCN(C(=O)CC2CC3CCC(C2)N3)C1.Cl.Cl. The number of nitrogens with zero attached hydrogens (tertiary/aromatic N) is 2. The lowest BCUT2D eigenvalue weighted by atomic mass is 9.88. The van der Waals surface area contributed by atoms with Crippen LogP contribution in [-0.4, -0.2) is 60.0 Å². The molecule has 4 rings (SSSR count). The Hall–Kier alpha value is -0.0300. The number of hydrogen-bond donors (Lipinski definition) is 1. The molecule has 6 heteroatoms. The predicted molar refractivity (Wildman–Crippen MR) is 116 cm³/mol. The van der Waals surface area contributed by atoms with E-state index in [4.69, 9.17) is 0 Å². The van der Waals surface area contributed by atoms with E-state index in [1.165, 1.54) is 70.9 Å². The summed E-state index contributed by atoms with van der Waals surface area (Å²) in [7, 11) is 0. The van der Waals surface area contributed by atoms with Crippen molar-refractivity contribution in [3.8, 4) is 0 Å². The summed E-state index contributed by atoms with van der Waals surface area (Å²) < 4.78 is 0. The minimum Gasteiger partial charge on any atom is -0.342 e. The van der Waals surface area contributed by atoms with Crippen molar-refractivity contribution < 1.29 is 4.79 Å². The number of likely N-dealkylation sites (tertiary alicyclic amines) is 2. The molecule has 4 saturated heterocycles. The number of piperidine rings is 3. The smallest absolute Gasteiger partial charge is 0.222 e. The lowest BCUT2D eigenvalue weighted by Crippen LogP contribution is -2.47. The second-order valence-electron chi connectivity index (χ2n) is 9.37. The van der Waals surface area contributed by atoms with Crippen LogP contribution < -0.4 is 5.32 Å². The molecule has 0 aromatic heterocycles. The van der Waals surface area contributed by atoms with Gasteiger partial charge in [-0.1, -0.05) is 6.42 Å². The molecule has 4 aliphatic heterocycles. The fourth-order valence-electron chi connectivity index (χ4n) is 5.92. The van der Waals surface area contributed by atoms with Gasteiger partial charge in [-0.05, 0) is 76.7 Å². The number of rotatable bonds is 4. The molecular weight excluding hydrogens is 381 g/mol. The van der Waals surface area contributed by atoms with E-state index in [-0.39, 0.29) is 24.8 Å². The summed E-state index contributed by atoms with van der Waals surface area (Å²) in [6.45, 7) is 6.88.